The van der Waals surface area contributed by atoms with Gasteiger partial charge in [0, 0.05) is 17.1 Å². The number of benzene rings is 2. The summed E-state index contributed by atoms with van der Waals surface area (Å²) in [6.07, 6.45) is 2.39. The third-order valence-corrected chi connectivity index (χ3v) is 3.79. The molecule has 0 heterocycles. The molecule has 0 bridgehead atoms. The van der Waals surface area contributed by atoms with Crippen LogP contribution in [-0.2, 0) is 16.2 Å². The number of methoxy groups -OCH3 is 1. The van der Waals surface area contributed by atoms with Crippen molar-refractivity contribution in [3.63, 3.8) is 0 Å². The molecule has 7 heteroatoms. The van der Waals surface area contributed by atoms with E-state index in [1.54, 1.807) is 19.2 Å². The van der Waals surface area contributed by atoms with Gasteiger partial charge in [-0.05, 0) is 42.3 Å². The minimum absolute atomic E-state index is 0.115. The van der Waals surface area contributed by atoms with Crippen LogP contribution in [0.25, 0.3) is 0 Å². The van der Waals surface area contributed by atoms with Gasteiger partial charge in [0.15, 0.2) is 18.1 Å². The lowest BCUT2D eigenvalue weighted by Gasteiger charge is -2.11. The van der Waals surface area contributed by atoms with Crippen molar-refractivity contribution in [2.24, 2.45) is 5.16 Å². The Bertz CT molecular complexity index is 763. The first-order chi connectivity index (χ1) is 13.1. The number of nitrogens with one attached hydrogen (secondary N) is 1. The van der Waals surface area contributed by atoms with Gasteiger partial charge in [-0.1, -0.05) is 35.8 Å². The summed E-state index contributed by atoms with van der Waals surface area (Å²) in [5.41, 5.74) is 1.77. The van der Waals surface area contributed by atoms with E-state index in [0.29, 0.717) is 29.7 Å². The minimum atomic E-state index is -0.197. The zero-order valence-electron chi connectivity index (χ0n) is 15.4. The number of amides is 1. The standard InChI is InChI=1S/C20H23ClN2O4/c1-3-10-22-20(24)14-27-23-12-16-6-9-18(19(11-16)25-2)26-13-15-4-7-17(21)8-5-15/h4-9,11-12H,3,10,13-14H2,1-2H3,(H,22,24)/b23-12+. The summed E-state index contributed by atoms with van der Waals surface area (Å²) < 4.78 is 11.2. The molecule has 0 saturated heterocycles. The monoisotopic (exact) mass is 390 g/mol. The Morgan fingerprint density at radius 1 is 1.19 bits per heavy atom. The average Bonchev–Trinajstić information content (AvgIpc) is 2.69. The fourth-order valence-corrected chi connectivity index (χ4v) is 2.26. The second-order valence-corrected chi connectivity index (χ2v) is 6.12. The van der Waals surface area contributed by atoms with Crippen LogP contribution < -0.4 is 14.8 Å². The Labute approximate surface area is 164 Å². The molecule has 1 N–H and O–H groups in total. The van der Waals surface area contributed by atoms with Crippen molar-refractivity contribution >= 4 is 23.7 Å². The molecule has 0 saturated carbocycles. The number of hydrogen-bond donors (Lipinski definition) is 1. The molecule has 0 aliphatic heterocycles. The van der Waals surface area contributed by atoms with Crippen LogP contribution in [0.5, 0.6) is 11.5 Å². The zero-order valence-corrected chi connectivity index (χ0v) is 16.2. The van der Waals surface area contributed by atoms with Crippen molar-refractivity contribution in [1.82, 2.24) is 5.32 Å². The number of oxime groups is 1. The highest BCUT2D eigenvalue weighted by molar-refractivity contribution is 6.30. The second kappa shape index (κ2) is 11.1. The molecule has 0 atom stereocenters. The van der Waals surface area contributed by atoms with E-state index < -0.39 is 0 Å². The molecule has 6 nitrogen and oxygen atoms in total. The summed E-state index contributed by atoms with van der Waals surface area (Å²) in [6, 6.07) is 12.8. The van der Waals surface area contributed by atoms with E-state index in [-0.39, 0.29) is 12.5 Å². The Kier molecular flexibility index (Phi) is 8.45. The van der Waals surface area contributed by atoms with Gasteiger partial charge in [-0.3, -0.25) is 4.79 Å². The molecule has 0 aromatic heterocycles. The van der Waals surface area contributed by atoms with Crippen molar-refractivity contribution in [2.45, 2.75) is 20.0 Å². The van der Waals surface area contributed by atoms with E-state index in [9.17, 15) is 4.79 Å². The second-order valence-electron chi connectivity index (χ2n) is 5.68. The molecule has 1 amide bonds. The van der Waals surface area contributed by atoms with E-state index in [0.717, 1.165) is 17.5 Å². The number of nitrogens with zero attached hydrogens (tertiary/aromatic N) is 1. The Balaban J connectivity index is 1.89. The van der Waals surface area contributed by atoms with Gasteiger partial charge in [0.2, 0.25) is 0 Å². The molecule has 0 fully saturated rings. The van der Waals surface area contributed by atoms with E-state index in [2.05, 4.69) is 10.5 Å². The van der Waals surface area contributed by atoms with Crippen molar-refractivity contribution in [2.75, 3.05) is 20.3 Å². The van der Waals surface area contributed by atoms with Crippen LogP contribution in [0.4, 0.5) is 0 Å². The predicted molar refractivity (Wildman–Crippen MR) is 106 cm³/mol. The predicted octanol–water partition coefficient (Wildman–Crippen LogP) is 3.80. The number of carbonyl (C=O) groups excluding carboxylic acids is 1. The summed E-state index contributed by atoms with van der Waals surface area (Å²) in [6.45, 7) is 2.89. The molecule has 2 rings (SSSR count). The van der Waals surface area contributed by atoms with Gasteiger partial charge in [-0.25, -0.2) is 0 Å². The lowest BCUT2D eigenvalue weighted by atomic mass is 10.2. The zero-order chi connectivity index (χ0) is 19.5. The van der Waals surface area contributed by atoms with Crippen molar-refractivity contribution in [1.29, 1.82) is 0 Å². The quantitative estimate of drug-likeness (QED) is 0.494. The van der Waals surface area contributed by atoms with Crippen LogP contribution in [0, 0.1) is 0 Å². The molecule has 0 aliphatic rings. The SMILES string of the molecule is CCCNC(=O)CO/N=C/c1ccc(OCc2ccc(Cl)cc2)c(OC)c1. The molecule has 144 valence electrons. The summed E-state index contributed by atoms with van der Waals surface area (Å²) in [7, 11) is 1.57. The fraction of sp³-hybridized carbons (Fsp3) is 0.300. The molecule has 2 aromatic rings. The van der Waals surface area contributed by atoms with Crippen molar-refractivity contribution in [3.8, 4) is 11.5 Å². The topological polar surface area (TPSA) is 69.2 Å². The molecule has 0 aliphatic carbocycles. The largest absolute Gasteiger partial charge is 0.493 e. The number of rotatable bonds is 10. The maximum atomic E-state index is 11.4. The molecular formula is C20H23ClN2O4. The highest BCUT2D eigenvalue weighted by Crippen LogP contribution is 2.28. The van der Waals surface area contributed by atoms with Gasteiger partial charge < -0.3 is 19.6 Å². The highest BCUT2D eigenvalue weighted by atomic mass is 35.5. The summed E-state index contributed by atoms with van der Waals surface area (Å²) in [5.74, 6) is 0.996. The van der Waals surface area contributed by atoms with E-state index >= 15 is 0 Å². The van der Waals surface area contributed by atoms with Gasteiger partial charge in [0.1, 0.15) is 6.61 Å². The minimum Gasteiger partial charge on any atom is -0.493 e. The summed E-state index contributed by atoms with van der Waals surface area (Å²) in [5, 5.41) is 7.19. The van der Waals surface area contributed by atoms with E-state index in [1.165, 1.54) is 6.21 Å². The van der Waals surface area contributed by atoms with Crippen LogP contribution in [-0.4, -0.2) is 32.4 Å². The molecule has 2 aromatic carbocycles. The molecular weight excluding hydrogens is 368 g/mol. The first-order valence-corrected chi connectivity index (χ1v) is 8.97. The molecule has 0 spiro atoms. The Morgan fingerprint density at radius 2 is 1.96 bits per heavy atom. The fourth-order valence-electron chi connectivity index (χ4n) is 2.13. The summed E-state index contributed by atoms with van der Waals surface area (Å²) in [4.78, 5) is 16.4. The molecule has 0 unspecified atom stereocenters. The van der Waals surface area contributed by atoms with E-state index in [1.807, 2.05) is 37.3 Å². The number of ether oxygens (including phenoxy) is 2. The van der Waals surface area contributed by atoms with Crippen LogP contribution in [0.1, 0.15) is 24.5 Å². The maximum absolute atomic E-state index is 11.4. The Hall–Kier alpha value is -2.73. The van der Waals surface area contributed by atoms with Gasteiger partial charge >= 0.3 is 0 Å². The van der Waals surface area contributed by atoms with Gasteiger partial charge in [0.25, 0.3) is 5.91 Å². The average molecular weight is 391 g/mol. The third kappa shape index (κ3) is 7.19. The van der Waals surface area contributed by atoms with Gasteiger partial charge in [-0.15, -0.1) is 0 Å². The number of halogens is 1. The van der Waals surface area contributed by atoms with Crippen LogP contribution in [0.2, 0.25) is 5.02 Å². The highest BCUT2D eigenvalue weighted by Gasteiger charge is 2.06. The normalized spacial score (nSPS) is 10.6. The Morgan fingerprint density at radius 3 is 2.67 bits per heavy atom. The van der Waals surface area contributed by atoms with Crippen LogP contribution in [0.15, 0.2) is 47.6 Å². The van der Waals surface area contributed by atoms with Gasteiger partial charge in [0.05, 0.1) is 13.3 Å². The lowest BCUT2D eigenvalue weighted by molar-refractivity contribution is -0.125. The lowest BCUT2D eigenvalue weighted by Crippen LogP contribution is -2.27. The van der Waals surface area contributed by atoms with E-state index in [4.69, 9.17) is 25.9 Å². The summed E-state index contributed by atoms with van der Waals surface area (Å²) >= 11 is 5.88. The van der Waals surface area contributed by atoms with Crippen LogP contribution >= 0.6 is 11.6 Å². The van der Waals surface area contributed by atoms with Crippen molar-refractivity contribution < 1.29 is 19.1 Å². The van der Waals surface area contributed by atoms with Crippen molar-refractivity contribution in [3.05, 3.63) is 58.6 Å². The maximum Gasteiger partial charge on any atom is 0.260 e. The third-order valence-electron chi connectivity index (χ3n) is 3.54. The number of hydrogen-bond acceptors (Lipinski definition) is 5. The number of carbonyl (C=O) groups is 1. The molecule has 27 heavy (non-hydrogen) atoms. The van der Waals surface area contributed by atoms with Crippen LogP contribution in [0.3, 0.4) is 0 Å². The molecule has 0 radical (unpaired) electrons. The first-order valence-electron chi connectivity index (χ1n) is 8.59. The first kappa shape index (κ1) is 20.6. The van der Waals surface area contributed by atoms with Gasteiger partial charge in [-0.2, -0.15) is 0 Å². The smallest absolute Gasteiger partial charge is 0.260 e.